The predicted molar refractivity (Wildman–Crippen MR) is 93.4 cm³/mol. The van der Waals surface area contributed by atoms with Crippen molar-refractivity contribution >= 4 is 32.7 Å². The molecule has 5 heteroatoms. The van der Waals surface area contributed by atoms with Gasteiger partial charge in [-0.05, 0) is 36.8 Å². The Morgan fingerprint density at radius 3 is 2.65 bits per heavy atom. The average molecular weight is 371 g/mol. The third kappa shape index (κ3) is 3.19. The third-order valence-corrected chi connectivity index (χ3v) is 4.24. The van der Waals surface area contributed by atoms with Crippen LogP contribution in [0.4, 0.5) is 0 Å². The molecule has 0 spiro atoms. The molecule has 1 amide bonds. The topological polar surface area (TPSA) is 62.2 Å². The van der Waals surface area contributed by atoms with Gasteiger partial charge in [0.15, 0.2) is 5.75 Å². The van der Waals surface area contributed by atoms with Crippen molar-refractivity contribution in [1.82, 2.24) is 10.3 Å². The first-order valence-electron chi connectivity index (χ1n) is 7.19. The summed E-state index contributed by atoms with van der Waals surface area (Å²) < 4.78 is 0.984. The van der Waals surface area contributed by atoms with E-state index in [2.05, 4.69) is 26.2 Å². The molecule has 4 nitrogen and oxygen atoms in total. The van der Waals surface area contributed by atoms with Crippen LogP contribution in [0.15, 0.2) is 59.2 Å². The molecule has 0 fully saturated rings. The van der Waals surface area contributed by atoms with E-state index in [1.54, 1.807) is 24.4 Å². The Hall–Kier alpha value is -2.40. The van der Waals surface area contributed by atoms with Crippen molar-refractivity contribution in [2.45, 2.75) is 13.0 Å². The van der Waals surface area contributed by atoms with Gasteiger partial charge in [0.1, 0.15) is 5.52 Å². The number of nitrogens with zero attached hydrogens (tertiary/aromatic N) is 1. The number of pyridine rings is 1. The number of aromatic hydroxyl groups is 1. The van der Waals surface area contributed by atoms with Crippen molar-refractivity contribution in [1.29, 1.82) is 0 Å². The fourth-order valence-corrected chi connectivity index (χ4v) is 2.69. The smallest absolute Gasteiger partial charge is 0.255 e. The minimum Gasteiger partial charge on any atom is -0.505 e. The minimum atomic E-state index is -0.328. The molecule has 0 aliphatic rings. The van der Waals surface area contributed by atoms with Crippen molar-refractivity contribution in [3.8, 4) is 5.75 Å². The van der Waals surface area contributed by atoms with Crippen LogP contribution in [0.25, 0.3) is 10.9 Å². The molecule has 0 aliphatic heterocycles. The van der Waals surface area contributed by atoms with Gasteiger partial charge in [0.25, 0.3) is 5.91 Å². The van der Waals surface area contributed by atoms with Crippen LogP contribution in [0.2, 0.25) is 0 Å². The molecule has 3 rings (SSSR count). The van der Waals surface area contributed by atoms with Crippen molar-refractivity contribution < 1.29 is 9.90 Å². The molecular formula is C18H15BrN2O2. The number of carbonyl (C=O) groups is 1. The monoisotopic (exact) mass is 370 g/mol. The number of amides is 1. The normalized spacial score (nSPS) is 12.1. The predicted octanol–water partition coefficient (Wildman–Crippen LogP) is 4.19. The Morgan fingerprint density at radius 2 is 1.91 bits per heavy atom. The molecule has 3 aromatic rings. The van der Waals surface area contributed by atoms with Gasteiger partial charge >= 0.3 is 0 Å². The molecule has 0 saturated carbocycles. The van der Waals surface area contributed by atoms with Crippen LogP contribution in [0.5, 0.6) is 5.75 Å². The number of nitrogens with one attached hydrogen (secondary N) is 1. The van der Waals surface area contributed by atoms with Gasteiger partial charge in [-0.25, -0.2) is 0 Å². The fraction of sp³-hybridized carbons (Fsp3) is 0.111. The zero-order chi connectivity index (χ0) is 16.4. The number of fused-ring (bicyclic) bond motifs is 1. The second kappa shape index (κ2) is 6.38. The number of hydrogen-bond acceptors (Lipinski definition) is 3. The first-order chi connectivity index (χ1) is 11.1. The van der Waals surface area contributed by atoms with Gasteiger partial charge in [-0.15, -0.1) is 0 Å². The van der Waals surface area contributed by atoms with Crippen LogP contribution in [0, 0.1) is 0 Å². The molecule has 1 atom stereocenters. The quantitative estimate of drug-likeness (QED) is 0.726. The Bertz CT molecular complexity index is 863. The van der Waals surface area contributed by atoms with Crippen molar-refractivity contribution in [2.75, 3.05) is 0 Å². The Morgan fingerprint density at radius 1 is 1.17 bits per heavy atom. The largest absolute Gasteiger partial charge is 0.505 e. The van der Waals surface area contributed by atoms with Gasteiger partial charge in [0.2, 0.25) is 0 Å². The number of benzene rings is 2. The van der Waals surface area contributed by atoms with Crippen molar-refractivity contribution in [2.24, 2.45) is 0 Å². The minimum absolute atomic E-state index is 0.0939. The zero-order valence-electron chi connectivity index (χ0n) is 12.5. The van der Waals surface area contributed by atoms with Crippen molar-refractivity contribution in [3.63, 3.8) is 0 Å². The van der Waals surface area contributed by atoms with E-state index in [0.717, 1.165) is 15.4 Å². The Balaban J connectivity index is 1.86. The number of aromatic nitrogens is 1. The first-order valence-corrected chi connectivity index (χ1v) is 7.98. The summed E-state index contributed by atoms with van der Waals surface area (Å²) in [6.45, 7) is 1.90. The highest BCUT2D eigenvalue weighted by atomic mass is 79.9. The second-order valence-corrected chi connectivity index (χ2v) is 6.20. The lowest BCUT2D eigenvalue weighted by atomic mass is 10.1. The third-order valence-electron chi connectivity index (χ3n) is 3.71. The molecule has 0 saturated heterocycles. The molecule has 2 aromatic carbocycles. The highest BCUT2D eigenvalue weighted by Gasteiger charge is 2.17. The number of carbonyl (C=O) groups excluding carboxylic acids is 1. The summed E-state index contributed by atoms with van der Waals surface area (Å²) in [4.78, 5) is 16.6. The highest BCUT2D eigenvalue weighted by molar-refractivity contribution is 9.10. The van der Waals surface area contributed by atoms with Gasteiger partial charge in [-0.1, -0.05) is 40.2 Å². The van der Waals surface area contributed by atoms with E-state index in [-0.39, 0.29) is 23.3 Å². The van der Waals surface area contributed by atoms with Gasteiger partial charge in [-0.3, -0.25) is 9.78 Å². The van der Waals surface area contributed by atoms with E-state index >= 15 is 0 Å². The van der Waals surface area contributed by atoms with Gasteiger partial charge in [0.05, 0.1) is 11.6 Å². The number of phenols is 1. The second-order valence-electron chi connectivity index (χ2n) is 5.28. The molecule has 1 heterocycles. The maximum Gasteiger partial charge on any atom is 0.255 e. The molecule has 0 radical (unpaired) electrons. The van der Waals surface area contributed by atoms with E-state index in [1.807, 2.05) is 37.3 Å². The van der Waals surface area contributed by atoms with Gasteiger partial charge in [0, 0.05) is 16.1 Å². The summed E-state index contributed by atoms with van der Waals surface area (Å²) in [6, 6.07) is 14.6. The molecule has 2 N–H and O–H groups in total. The lowest BCUT2D eigenvalue weighted by Crippen LogP contribution is -2.26. The maximum atomic E-state index is 12.5. The first kappa shape index (κ1) is 15.5. The molecular weight excluding hydrogens is 356 g/mol. The maximum absolute atomic E-state index is 12.5. The number of phenolic OH excluding ortho intramolecular Hbond substituents is 1. The highest BCUT2D eigenvalue weighted by Crippen LogP contribution is 2.27. The summed E-state index contributed by atoms with van der Waals surface area (Å²) in [5.74, 6) is -0.422. The van der Waals surface area contributed by atoms with Gasteiger partial charge in [-0.2, -0.15) is 0 Å². The van der Waals surface area contributed by atoms with E-state index < -0.39 is 0 Å². The van der Waals surface area contributed by atoms with Gasteiger partial charge < -0.3 is 10.4 Å². The molecule has 0 aliphatic carbocycles. The number of hydrogen-bond donors (Lipinski definition) is 2. The van der Waals surface area contributed by atoms with Crippen molar-refractivity contribution in [3.05, 3.63) is 70.3 Å². The van der Waals surface area contributed by atoms with Crippen LogP contribution < -0.4 is 5.32 Å². The van der Waals surface area contributed by atoms with Crippen LogP contribution >= 0.6 is 15.9 Å². The molecule has 116 valence electrons. The summed E-state index contributed by atoms with van der Waals surface area (Å²) in [5, 5.41) is 14.0. The van der Waals surface area contributed by atoms with Crippen LogP contribution in [0.3, 0.4) is 0 Å². The van der Waals surface area contributed by atoms with Crippen LogP contribution in [-0.2, 0) is 0 Å². The standard InChI is InChI=1S/C18H15BrN2O2/c1-11(12-4-7-14(19)8-5-12)21-18(23)15-9-6-13-3-2-10-20-16(13)17(15)22/h2-11,22H,1H3,(H,21,23)/t11-/m0/s1. The number of halogens is 1. The summed E-state index contributed by atoms with van der Waals surface area (Å²) in [7, 11) is 0. The van der Waals surface area contributed by atoms with Crippen LogP contribution in [0.1, 0.15) is 28.9 Å². The Kier molecular flexibility index (Phi) is 4.30. The lowest BCUT2D eigenvalue weighted by Gasteiger charge is -2.15. The Labute approximate surface area is 142 Å². The fourth-order valence-electron chi connectivity index (χ4n) is 2.42. The summed E-state index contributed by atoms with van der Waals surface area (Å²) in [6.07, 6.45) is 1.59. The zero-order valence-corrected chi connectivity index (χ0v) is 14.0. The number of rotatable bonds is 3. The summed E-state index contributed by atoms with van der Waals surface area (Å²) >= 11 is 3.39. The molecule has 1 aromatic heterocycles. The summed E-state index contributed by atoms with van der Waals surface area (Å²) in [5.41, 5.74) is 1.64. The van der Waals surface area contributed by atoms with E-state index in [1.165, 1.54) is 0 Å². The van der Waals surface area contributed by atoms with Crippen LogP contribution in [-0.4, -0.2) is 16.0 Å². The van der Waals surface area contributed by atoms with E-state index in [9.17, 15) is 9.90 Å². The van der Waals surface area contributed by atoms with E-state index in [4.69, 9.17) is 0 Å². The SMILES string of the molecule is C[C@H](NC(=O)c1ccc2cccnc2c1O)c1ccc(Br)cc1. The van der Waals surface area contributed by atoms with E-state index in [0.29, 0.717) is 5.52 Å². The molecule has 0 unspecified atom stereocenters. The molecule has 0 bridgehead atoms. The molecule has 23 heavy (non-hydrogen) atoms. The lowest BCUT2D eigenvalue weighted by molar-refractivity contribution is 0.0937. The average Bonchev–Trinajstić information content (AvgIpc) is 2.56.